The van der Waals surface area contributed by atoms with Crippen LogP contribution in [0.15, 0.2) is 24.3 Å². The standard InChI is InChI=1S/C9H8O2.Na.H2O/c10-9-5-7-3-1-2-4-8(7)6-11-9;;/h1-4H,5-6H2;;1H2/q;+1;/p-1. The average Bonchev–Trinajstić information content (AvgIpc) is 2.04. The maximum Gasteiger partial charge on any atom is 1.00 e. The van der Waals surface area contributed by atoms with Gasteiger partial charge in [0.05, 0.1) is 6.42 Å². The summed E-state index contributed by atoms with van der Waals surface area (Å²) in [6.45, 7) is 0.439. The summed E-state index contributed by atoms with van der Waals surface area (Å²) in [4.78, 5) is 10.8. The zero-order valence-electron chi connectivity index (χ0n) is 7.49. The second-order valence-corrected chi connectivity index (χ2v) is 2.61. The van der Waals surface area contributed by atoms with E-state index in [9.17, 15) is 4.79 Å². The molecule has 13 heavy (non-hydrogen) atoms. The number of esters is 1. The van der Waals surface area contributed by atoms with Crippen molar-refractivity contribution in [2.45, 2.75) is 13.0 Å². The van der Waals surface area contributed by atoms with E-state index in [-0.39, 0.29) is 41.0 Å². The van der Waals surface area contributed by atoms with E-state index in [0.29, 0.717) is 13.0 Å². The Morgan fingerprint density at radius 2 is 1.77 bits per heavy atom. The molecular formula is C9H9NaO3. The van der Waals surface area contributed by atoms with E-state index in [0.717, 1.165) is 11.1 Å². The Morgan fingerprint density at radius 1 is 1.15 bits per heavy atom. The maximum absolute atomic E-state index is 10.8. The van der Waals surface area contributed by atoms with Crippen LogP contribution < -0.4 is 29.6 Å². The first-order valence-corrected chi connectivity index (χ1v) is 3.58. The van der Waals surface area contributed by atoms with Crippen LogP contribution in [0.5, 0.6) is 0 Å². The molecule has 1 aliphatic heterocycles. The molecule has 0 atom stereocenters. The Balaban J connectivity index is 0.000000720. The molecule has 2 rings (SSSR count). The molecule has 0 fully saturated rings. The van der Waals surface area contributed by atoms with Gasteiger partial charge in [0.15, 0.2) is 0 Å². The second-order valence-electron chi connectivity index (χ2n) is 2.61. The summed E-state index contributed by atoms with van der Waals surface area (Å²) < 4.78 is 4.87. The van der Waals surface area contributed by atoms with E-state index in [2.05, 4.69) is 0 Å². The molecule has 0 spiro atoms. The minimum Gasteiger partial charge on any atom is -0.870 e. The Morgan fingerprint density at radius 3 is 2.46 bits per heavy atom. The summed E-state index contributed by atoms with van der Waals surface area (Å²) in [7, 11) is 0. The molecule has 1 N–H and O–H groups in total. The van der Waals surface area contributed by atoms with E-state index in [4.69, 9.17) is 4.74 Å². The van der Waals surface area contributed by atoms with Crippen LogP contribution in [0.2, 0.25) is 0 Å². The average molecular weight is 188 g/mol. The molecule has 0 aromatic heterocycles. The van der Waals surface area contributed by atoms with Gasteiger partial charge < -0.3 is 10.2 Å². The van der Waals surface area contributed by atoms with Crippen LogP contribution in [0.1, 0.15) is 11.1 Å². The number of hydrogen-bond donors (Lipinski definition) is 0. The van der Waals surface area contributed by atoms with Gasteiger partial charge in [-0.1, -0.05) is 24.3 Å². The molecule has 0 amide bonds. The molecule has 3 nitrogen and oxygen atoms in total. The van der Waals surface area contributed by atoms with Gasteiger partial charge in [-0.2, -0.15) is 0 Å². The quantitative estimate of drug-likeness (QED) is 0.353. The van der Waals surface area contributed by atoms with Gasteiger partial charge in [0, 0.05) is 0 Å². The molecule has 1 aliphatic rings. The van der Waals surface area contributed by atoms with Crippen molar-refractivity contribution in [1.82, 2.24) is 0 Å². The molecule has 0 saturated carbocycles. The Labute approximate surface area is 98.7 Å². The van der Waals surface area contributed by atoms with Gasteiger partial charge >= 0.3 is 35.5 Å². The second kappa shape index (κ2) is 5.40. The van der Waals surface area contributed by atoms with Crippen molar-refractivity contribution in [1.29, 1.82) is 0 Å². The number of benzene rings is 1. The minimum atomic E-state index is -0.122. The number of rotatable bonds is 0. The topological polar surface area (TPSA) is 56.3 Å². The first-order valence-electron chi connectivity index (χ1n) is 3.58. The van der Waals surface area contributed by atoms with Crippen molar-refractivity contribution in [2.24, 2.45) is 0 Å². The number of carbonyl (C=O) groups is 1. The van der Waals surface area contributed by atoms with Crippen molar-refractivity contribution < 1.29 is 44.6 Å². The third-order valence-electron chi connectivity index (χ3n) is 1.84. The summed E-state index contributed by atoms with van der Waals surface area (Å²) >= 11 is 0. The van der Waals surface area contributed by atoms with Crippen molar-refractivity contribution in [3.05, 3.63) is 35.4 Å². The number of ether oxygens (including phenoxy) is 1. The monoisotopic (exact) mass is 188 g/mol. The van der Waals surface area contributed by atoms with E-state index < -0.39 is 0 Å². The molecule has 4 heteroatoms. The molecule has 1 aromatic carbocycles. The van der Waals surface area contributed by atoms with E-state index in [1.54, 1.807) is 0 Å². The summed E-state index contributed by atoms with van der Waals surface area (Å²) in [6.07, 6.45) is 0.427. The Kier molecular flexibility index (Phi) is 5.25. The van der Waals surface area contributed by atoms with Crippen LogP contribution in [-0.2, 0) is 22.6 Å². The fraction of sp³-hybridized carbons (Fsp3) is 0.222. The maximum atomic E-state index is 10.8. The molecule has 0 saturated heterocycles. The molecule has 0 radical (unpaired) electrons. The van der Waals surface area contributed by atoms with Gasteiger partial charge in [-0.3, -0.25) is 4.79 Å². The van der Waals surface area contributed by atoms with E-state index in [1.807, 2.05) is 24.3 Å². The third kappa shape index (κ3) is 2.81. The zero-order chi connectivity index (χ0) is 7.68. The van der Waals surface area contributed by atoms with Crippen molar-refractivity contribution in [3.8, 4) is 0 Å². The largest absolute Gasteiger partial charge is 1.00 e. The van der Waals surface area contributed by atoms with Crippen molar-refractivity contribution in [3.63, 3.8) is 0 Å². The molecular weight excluding hydrogens is 179 g/mol. The first kappa shape index (κ1) is 12.7. The normalized spacial score (nSPS) is 13.1. The first-order chi connectivity index (χ1) is 5.36. The van der Waals surface area contributed by atoms with Crippen LogP contribution in [0.4, 0.5) is 0 Å². The van der Waals surface area contributed by atoms with Crippen LogP contribution in [0.25, 0.3) is 0 Å². The summed E-state index contributed by atoms with van der Waals surface area (Å²) in [5.74, 6) is -0.122. The molecule has 64 valence electrons. The summed E-state index contributed by atoms with van der Waals surface area (Å²) in [5.41, 5.74) is 2.23. The smallest absolute Gasteiger partial charge is 0.870 e. The van der Waals surface area contributed by atoms with Crippen LogP contribution >= 0.6 is 0 Å². The van der Waals surface area contributed by atoms with Crippen molar-refractivity contribution >= 4 is 5.97 Å². The molecule has 0 bridgehead atoms. The van der Waals surface area contributed by atoms with Gasteiger partial charge in [-0.15, -0.1) is 0 Å². The Bertz CT molecular complexity index is 299. The molecule has 1 heterocycles. The van der Waals surface area contributed by atoms with E-state index in [1.165, 1.54) is 0 Å². The summed E-state index contributed by atoms with van der Waals surface area (Å²) in [6, 6.07) is 7.85. The van der Waals surface area contributed by atoms with Gasteiger partial charge in [0.1, 0.15) is 6.61 Å². The number of cyclic esters (lactones) is 1. The molecule has 0 unspecified atom stereocenters. The Hall–Kier alpha value is -0.350. The van der Waals surface area contributed by atoms with E-state index >= 15 is 0 Å². The van der Waals surface area contributed by atoms with Gasteiger partial charge in [-0.05, 0) is 11.1 Å². The molecule has 1 aromatic rings. The number of carbonyl (C=O) groups excluding carboxylic acids is 1. The van der Waals surface area contributed by atoms with Crippen molar-refractivity contribution in [2.75, 3.05) is 0 Å². The predicted molar refractivity (Wildman–Crippen MR) is 41.9 cm³/mol. The zero-order valence-corrected chi connectivity index (χ0v) is 9.49. The number of hydrogen-bond acceptors (Lipinski definition) is 3. The molecule has 0 aliphatic carbocycles. The minimum absolute atomic E-state index is 0. The van der Waals surface area contributed by atoms with Crippen LogP contribution in [-0.4, -0.2) is 11.4 Å². The SMILES string of the molecule is O=C1Cc2ccccc2CO1.[Na+].[OH-]. The fourth-order valence-corrected chi connectivity index (χ4v) is 1.24. The van der Waals surface area contributed by atoms with Crippen LogP contribution in [0.3, 0.4) is 0 Å². The summed E-state index contributed by atoms with van der Waals surface area (Å²) in [5, 5.41) is 0. The van der Waals surface area contributed by atoms with Crippen LogP contribution in [0, 0.1) is 0 Å². The number of fused-ring (bicyclic) bond motifs is 1. The third-order valence-corrected chi connectivity index (χ3v) is 1.84. The van der Waals surface area contributed by atoms with Gasteiger partial charge in [0.2, 0.25) is 0 Å². The fourth-order valence-electron chi connectivity index (χ4n) is 1.24. The predicted octanol–water partition coefficient (Wildman–Crippen LogP) is -1.89. The van der Waals surface area contributed by atoms with Gasteiger partial charge in [-0.25, -0.2) is 0 Å². The van der Waals surface area contributed by atoms with Gasteiger partial charge in [0.25, 0.3) is 0 Å².